The molecule has 0 aliphatic carbocycles. The first kappa shape index (κ1) is 44.3. The van der Waals surface area contributed by atoms with Crippen molar-refractivity contribution in [1.82, 2.24) is 19.9 Å². The largest absolute Gasteiger partial charge is 0.453 e. The molecule has 0 amide bonds. The van der Waals surface area contributed by atoms with E-state index in [-0.39, 0.29) is 0 Å². The van der Waals surface area contributed by atoms with Crippen LogP contribution >= 0.6 is 0 Å². The summed E-state index contributed by atoms with van der Waals surface area (Å²) in [5.74, 6) is 4.15. The van der Waals surface area contributed by atoms with Crippen molar-refractivity contribution in [2.24, 2.45) is 0 Å². The van der Waals surface area contributed by atoms with Gasteiger partial charge < -0.3 is 19.3 Å². The minimum absolute atomic E-state index is 0.557. The molecule has 2 aliphatic rings. The highest BCUT2D eigenvalue weighted by molar-refractivity contribution is 5.97. The van der Waals surface area contributed by atoms with Crippen LogP contribution in [0.25, 0.3) is 78.9 Å². The Morgan fingerprint density at radius 2 is 0.500 bits per heavy atom. The van der Waals surface area contributed by atoms with E-state index in [0.29, 0.717) is 11.6 Å². The maximum atomic E-state index is 6.53. The molecule has 0 bridgehead atoms. The van der Waals surface area contributed by atoms with E-state index in [0.717, 1.165) is 124 Å². The predicted octanol–water partition coefficient (Wildman–Crippen LogP) is 18.1. The minimum Gasteiger partial charge on any atom is -0.453 e. The van der Waals surface area contributed by atoms with Gasteiger partial charge >= 0.3 is 0 Å². The van der Waals surface area contributed by atoms with Crippen LogP contribution in [0.5, 0.6) is 23.0 Å². The zero-order valence-electron chi connectivity index (χ0n) is 40.9. The predicted molar refractivity (Wildman–Crippen MR) is 305 cm³/mol. The SMILES string of the molecule is c1ccc(-c2cc(-c3ccccc3)nc(-c3cc(N4c5ccccc5Oc5ccccc54)ccc3-c3ccc(N4c5ccccc5Oc5ccccc54)cc3-c3nc(-c4ccccc4)cc(-c4ccccc4)n3)n2)cc1. The quantitative estimate of drug-likeness (QED) is 0.142. The summed E-state index contributed by atoms with van der Waals surface area (Å²) in [5.41, 5.74) is 16.0. The zero-order chi connectivity index (χ0) is 50.4. The van der Waals surface area contributed by atoms with Gasteiger partial charge in [0, 0.05) is 44.8 Å². The van der Waals surface area contributed by atoms with Crippen LogP contribution in [0.15, 0.2) is 267 Å². The van der Waals surface area contributed by atoms with Gasteiger partial charge in [0.1, 0.15) is 0 Å². The van der Waals surface area contributed by atoms with Crippen molar-refractivity contribution in [2.75, 3.05) is 9.80 Å². The Morgan fingerprint density at radius 1 is 0.237 bits per heavy atom. The van der Waals surface area contributed by atoms with Gasteiger partial charge in [-0.05, 0) is 96.1 Å². The summed E-state index contributed by atoms with van der Waals surface area (Å²) >= 11 is 0. The third-order valence-electron chi connectivity index (χ3n) is 13.9. The van der Waals surface area contributed by atoms with Gasteiger partial charge in [0.25, 0.3) is 0 Å². The Morgan fingerprint density at radius 3 is 0.789 bits per heavy atom. The summed E-state index contributed by atoms with van der Waals surface area (Å²) in [5, 5.41) is 0. The molecule has 0 unspecified atom stereocenters. The molecule has 12 aromatic rings. The fraction of sp³-hybridized carbons (Fsp3) is 0. The second-order valence-corrected chi connectivity index (χ2v) is 18.6. The highest BCUT2D eigenvalue weighted by Crippen LogP contribution is 2.54. The topological polar surface area (TPSA) is 76.5 Å². The molecule has 0 saturated heterocycles. The lowest BCUT2D eigenvalue weighted by molar-refractivity contribution is 0.477. The number of benzene rings is 10. The van der Waals surface area contributed by atoms with Crippen molar-refractivity contribution in [3.05, 3.63) is 267 Å². The highest BCUT2D eigenvalue weighted by atomic mass is 16.5. The van der Waals surface area contributed by atoms with Gasteiger partial charge in [-0.3, -0.25) is 0 Å². The summed E-state index contributed by atoms with van der Waals surface area (Å²) in [6.07, 6.45) is 0. The average molecular weight is 977 g/mol. The van der Waals surface area contributed by atoms with E-state index < -0.39 is 0 Å². The van der Waals surface area contributed by atoms with Gasteiger partial charge in [0.2, 0.25) is 0 Å². The average Bonchev–Trinajstić information content (AvgIpc) is 3.51. The third kappa shape index (κ3) is 8.07. The fourth-order valence-corrected chi connectivity index (χ4v) is 10.3. The number of anilines is 6. The standard InChI is InChI=1S/C68H44N6O2/c1-5-21-45(22-6-1)55-43-56(46-23-7-2-8-24-46)70-67(69-55)53-41-49(73-59-29-13-17-33-63(59)75-64-34-18-14-30-60(64)73)37-39-51(53)52-40-38-50(74-61-31-15-19-35-65(61)76-66-36-20-16-32-62(66)74)42-54(52)68-71-57(47-25-9-3-10-26-47)44-58(72-68)48-27-11-4-12-28-48/h1-44H. The Hall–Kier alpha value is -10.4. The van der Waals surface area contributed by atoms with E-state index >= 15 is 0 Å². The number of para-hydroxylation sites is 8. The lowest BCUT2D eigenvalue weighted by atomic mass is 9.92. The second-order valence-electron chi connectivity index (χ2n) is 18.6. The molecule has 76 heavy (non-hydrogen) atoms. The normalized spacial score (nSPS) is 12.1. The molecular weight excluding hydrogens is 933 g/mol. The molecule has 4 heterocycles. The number of rotatable bonds is 9. The van der Waals surface area contributed by atoms with E-state index in [2.05, 4.69) is 131 Å². The zero-order valence-corrected chi connectivity index (χ0v) is 40.9. The number of aromatic nitrogens is 4. The van der Waals surface area contributed by atoms with Gasteiger partial charge in [-0.15, -0.1) is 0 Å². The van der Waals surface area contributed by atoms with Gasteiger partial charge in [0.15, 0.2) is 34.6 Å². The molecule has 358 valence electrons. The smallest absolute Gasteiger partial charge is 0.161 e. The van der Waals surface area contributed by atoms with Crippen LogP contribution < -0.4 is 19.3 Å². The highest BCUT2D eigenvalue weighted by Gasteiger charge is 2.30. The summed E-state index contributed by atoms with van der Waals surface area (Å²) in [6.45, 7) is 0. The molecule has 0 saturated carbocycles. The lowest BCUT2D eigenvalue weighted by Crippen LogP contribution is -2.16. The number of ether oxygens (including phenoxy) is 2. The second kappa shape index (κ2) is 18.9. The Labute approximate surface area is 440 Å². The fourth-order valence-electron chi connectivity index (χ4n) is 10.3. The Kier molecular flexibility index (Phi) is 11.0. The first-order valence-electron chi connectivity index (χ1n) is 25.3. The molecule has 8 heteroatoms. The molecule has 0 atom stereocenters. The van der Waals surface area contributed by atoms with Crippen LogP contribution in [0.4, 0.5) is 34.1 Å². The van der Waals surface area contributed by atoms with Crippen molar-refractivity contribution >= 4 is 34.1 Å². The number of hydrogen-bond donors (Lipinski definition) is 0. The van der Waals surface area contributed by atoms with Crippen molar-refractivity contribution in [3.8, 4) is 102 Å². The number of nitrogens with zero attached hydrogens (tertiary/aromatic N) is 6. The molecule has 0 radical (unpaired) electrons. The van der Waals surface area contributed by atoms with Crippen LogP contribution in [0.3, 0.4) is 0 Å². The molecule has 0 N–H and O–H groups in total. The van der Waals surface area contributed by atoms with Crippen LogP contribution in [-0.2, 0) is 0 Å². The first-order valence-corrected chi connectivity index (χ1v) is 25.3. The minimum atomic E-state index is 0.557. The molecule has 0 spiro atoms. The van der Waals surface area contributed by atoms with Crippen molar-refractivity contribution in [2.45, 2.75) is 0 Å². The van der Waals surface area contributed by atoms with E-state index in [1.54, 1.807) is 0 Å². The molecular formula is C68H44N6O2. The summed E-state index contributed by atoms with van der Waals surface area (Å²) < 4.78 is 13.1. The van der Waals surface area contributed by atoms with Gasteiger partial charge in [-0.2, -0.15) is 0 Å². The summed E-state index contributed by atoms with van der Waals surface area (Å²) in [6, 6.07) is 91.3. The Bertz CT molecular complexity index is 3660. The van der Waals surface area contributed by atoms with Gasteiger partial charge in [-0.1, -0.05) is 182 Å². The Balaban J connectivity index is 1.07. The summed E-state index contributed by atoms with van der Waals surface area (Å²) in [7, 11) is 0. The maximum Gasteiger partial charge on any atom is 0.161 e. The molecule has 2 aliphatic heterocycles. The van der Waals surface area contributed by atoms with E-state index in [1.807, 2.05) is 146 Å². The van der Waals surface area contributed by atoms with Gasteiger partial charge in [0.05, 0.1) is 45.5 Å². The third-order valence-corrected chi connectivity index (χ3v) is 13.9. The first-order chi connectivity index (χ1) is 37.7. The maximum absolute atomic E-state index is 6.53. The molecule has 10 aromatic carbocycles. The lowest BCUT2D eigenvalue weighted by Gasteiger charge is -2.33. The van der Waals surface area contributed by atoms with E-state index in [1.165, 1.54) is 0 Å². The van der Waals surface area contributed by atoms with Crippen LogP contribution in [0.1, 0.15) is 0 Å². The van der Waals surface area contributed by atoms with Crippen LogP contribution in [-0.4, -0.2) is 19.9 Å². The van der Waals surface area contributed by atoms with Crippen molar-refractivity contribution in [1.29, 1.82) is 0 Å². The molecule has 8 nitrogen and oxygen atoms in total. The van der Waals surface area contributed by atoms with E-state index in [9.17, 15) is 0 Å². The number of fused-ring (bicyclic) bond motifs is 4. The molecule has 14 rings (SSSR count). The molecule has 2 aromatic heterocycles. The van der Waals surface area contributed by atoms with Crippen LogP contribution in [0, 0.1) is 0 Å². The van der Waals surface area contributed by atoms with Gasteiger partial charge in [-0.25, -0.2) is 19.9 Å². The molecule has 0 fully saturated rings. The van der Waals surface area contributed by atoms with E-state index in [4.69, 9.17) is 29.4 Å². The van der Waals surface area contributed by atoms with Crippen LogP contribution in [0.2, 0.25) is 0 Å². The summed E-state index contributed by atoms with van der Waals surface area (Å²) in [4.78, 5) is 26.5. The number of hydrogen-bond acceptors (Lipinski definition) is 8. The van der Waals surface area contributed by atoms with Crippen molar-refractivity contribution in [3.63, 3.8) is 0 Å². The monoisotopic (exact) mass is 976 g/mol. The van der Waals surface area contributed by atoms with Crippen molar-refractivity contribution < 1.29 is 9.47 Å².